The zero-order chi connectivity index (χ0) is 10.1. The van der Waals surface area contributed by atoms with Gasteiger partial charge in [-0.25, -0.2) is 4.39 Å². The number of hydrogen-bond donors (Lipinski definition) is 1. The lowest BCUT2D eigenvalue weighted by Gasteiger charge is -2.01. The predicted molar refractivity (Wildman–Crippen MR) is 53.0 cm³/mol. The van der Waals surface area contributed by atoms with Gasteiger partial charge in [-0.1, -0.05) is 0 Å². The van der Waals surface area contributed by atoms with E-state index in [1.165, 1.54) is 12.1 Å². The van der Waals surface area contributed by atoms with Crippen molar-refractivity contribution in [3.05, 3.63) is 36.4 Å². The van der Waals surface area contributed by atoms with Crippen molar-refractivity contribution in [2.75, 3.05) is 5.73 Å². The maximum Gasteiger partial charge on any atom is 0.123 e. The van der Waals surface area contributed by atoms with Gasteiger partial charge in [-0.2, -0.15) is 5.10 Å². The molecule has 3 nitrogen and oxygen atoms in total. The first-order chi connectivity index (χ1) is 6.66. The third kappa shape index (κ3) is 1.46. The van der Waals surface area contributed by atoms with Gasteiger partial charge in [-0.15, -0.1) is 0 Å². The zero-order valence-corrected chi connectivity index (χ0v) is 7.74. The molecule has 0 amide bonds. The van der Waals surface area contributed by atoms with Crippen LogP contribution in [0.25, 0.3) is 11.1 Å². The predicted octanol–water partition coefficient (Wildman–Crippen LogP) is 1.81. The van der Waals surface area contributed by atoms with Crippen LogP contribution in [0, 0.1) is 5.82 Å². The van der Waals surface area contributed by atoms with Gasteiger partial charge in [0.1, 0.15) is 5.82 Å². The summed E-state index contributed by atoms with van der Waals surface area (Å²) in [5.41, 5.74) is 7.78. The van der Waals surface area contributed by atoms with Crippen molar-refractivity contribution in [1.29, 1.82) is 0 Å². The molecule has 0 aliphatic heterocycles. The third-order valence-electron chi connectivity index (χ3n) is 2.03. The van der Waals surface area contributed by atoms with Gasteiger partial charge in [-0.3, -0.25) is 4.68 Å². The molecule has 2 N–H and O–H groups in total. The lowest BCUT2D eigenvalue weighted by molar-refractivity contribution is 0.628. The van der Waals surface area contributed by atoms with Gasteiger partial charge < -0.3 is 5.73 Å². The minimum absolute atomic E-state index is 0.293. The highest BCUT2D eigenvalue weighted by Crippen LogP contribution is 2.25. The summed E-state index contributed by atoms with van der Waals surface area (Å²) >= 11 is 0. The van der Waals surface area contributed by atoms with Gasteiger partial charge in [-0.05, 0) is 18.2 Å². The Balaban J connectivity index is 2.55. The fraction of sp³-hybridized carbons (Fsp3) is 0.100. The molecule has 0 saturated carbocycles. The average molecular weight is 191 g/mol. The zero-order valence-electron chi connectivity index (χ0n) is 7.74. The Bertz CT molecular complexity index is 462. The summed E-state index contributed by atoms with van der Waals surface area (Å²) < 4.78 is 14.6. The fourth-order valence-electron chi connectivity index (χ4n) is 1.34. The quantitative estimate of drug-likeness (QED) is 0.698. The standard InChI is InChI=1S/C10H10FN3/c1-14-6-7(5-13-14)9-4-8(11)2-3-10(9)12/h2-6H,12H2,1H3. The minimum Gasteiger partial charge on any atom is -0.398 e. The summed E-state index contributed by atoms with van der Waals surface area (Å²) in [6.07, 6.45) is 3.45. The third-order valence-corrected chi connectivity index (χ3v) is 2.03. The summed E-state index contributed by atoms with van der Waals surface area (Å²) in [5.74, 6) is -0.293. The van der Waals surface area contributed by atoms with Crippen LogP contribution in [0.5, 0.6) is 0 Å². The van der Waals surface area contributed by atoms with Gasteiger partial charge in [0.25, 0.3) is 0 Å². The fourth-order valence-corrected chi connectivity index (χ4v) is 1.34. The average Bonchev–Trinajstić information content (AvgIpc) is 2.56. The number of rotatable bonds is 1. The molecular formula is C10H10FN3. The first-order valence-corrected chi connectivity index (χ1v) is 4.21. The molecule has 4 heteroatoms. The molecule has 0 spiro atoms. The van der Waals surface area contributed by atoms with Gasteiger partial charge in [0.15, 0.2) is 0 Å². The van der Waals surface area contributed by atoms with Crippen LogP contribution in [-0.4, -0.2) is 9.78 Å². The van der Waals surface area contributed by atoms with E-state index in [0.29, 0.717) is 11.3 Å². The van der Waals surface area contributed by atoms with Crippen LogP contribution < -0.4 is 5.73 Å². The number of nitrogens with two attached hydrogens (primary N) is 1. The van der Waals surface area contributed by atoms with Crippen molar-refractivity contribution in [2.24, 2.45) is 7.05 Å². The Hall–Kier alpha value is -1.84. The molecule has 0 unspecified atom stereocenters. The second kappa shape index (κ2) is 3.14. The van der Waals surface area contributed by atoms with E-state index in [2.05, 4.69) is 5.10 Å². The normalized spacial score (nSPS) is 10.4. The number of halogens is 1. The molecule has 0 radical (unpaired) electrons. The van der Waals surface area contributed by atoms with Gasteiger partial charge in [0.05, 0.1) is 6.20 Å². The summed E-state index contributed by atoms with van der Waals surface area (Å²) in [4.78, 5) is 0. The first-order valence-electron chi connectivity index (χ1n) is 4.21. The van der Waals surface area contributed by atoms with E-state index in [9.17, 15) is 4.39 Å². The largest absolute Gasteiger partial charge is 0.398 e. The van der Waals surface area contributed by atoms with Gasteiger partial charge in [0, 0.05) is 30.1 Å². The summed E-state index contributed by atoms with van der Waals surface area (Å²) in [6, 6.07) is 4.30. The van der Waals surface area contributed by atoms with E-state index in [4.69, 9.17) is 5.73 Å². The second-order valence-corrected chi connectivity index (χ2v) is 3.13. The van der Waals surface area contributed by atoms with Gasteiger partial charge in [0.2, 0.25) is 0 Å². The van der Waals surface area contributed by atoms with Crippen LogP contribution in [-0.2, 0) is 7.05 Å². The molecule has 14 heavy (non-hydrogen) atoms. The van der Waals surface area contributed by atoms with Crippen LogP contribution in [0.4, 0.5) is 10.1 Å². The van der Waals surface area contributed by atoms with E-state index in [1.54, 1.807) is 30.2 Å². The second-order valence-electron chi connectivity index (χ2n) is 3.13. The number of aryl methyl sites for hydroxylation is 1. The van der Waals surface area contributed by atoms with E-state index in [-0.39, 0.29) is 5.82 Å². The number of aromatic nitrogens is 2. The Labute approximate surface area is 81.0 Å². The summed E-state index contributed by atoms with van der Waals surface area (Å²) in [6.45, 7) is 0. The molecule has 72 valence electrons. The van der Waals surface area contributed by atoms with E-state index in [0.717, 1.165) is 5.56 Å². The van der Waals surface area contributed by atoms with Gasteiger partial charge >= 0.3 is 0 Å². The molecule has 0 aliphatic carbocycles. The highest BCUT2D eigenvalue weighted by molar-refractivity contribution is 5.75. The molecule has 2 aromatic rings. The lowest BCUT2D eigenvalue weighted by Crippen LogP contribution is -1.90. The number of benzene rings is 1. The molecule has 0 bridgehead atoms. The van der Waals surface area contributed by atoms with Crippen LogP contribution in [0.15, 0.2) is 30.6 Å². The van der Waals surface area contributed by atoms with Crippen molar-refractivity contribution in [3.8, 4) is 11.1 Å². The summed E-state index contributed by atoms with van der Waals surface area (Å²) in [7, 11) is 1.80. The van der Waals surface area contributed by atoms with Crippen molar-refractivity contribution >= 4 is 5.69 Å². The molecule has 2 rings (SSSR count). The Morgan fingerprint density at radius 3 is 2.86 bits per heavy atom. The monoisotopic (exact) mass is 191 g/mol. The molecular weight excluding hydrogens is 181 g/mol. The highest BCUT2D eigenvalue weighted by Gasteiger charge is 2.05. The Morgan fingerprint density at radius 2 is 2.21 bits per heavy atom. The SMILES string of the molecule is Cn1cc(-c2cc(F)ccc2N)cn1. The van der Waals surface area contributed by atoms with Crippen molar-refractivity contribution in [3.63, 3.8) is 0 Å². The minimum atomic E-state index is -0.293. The van der Waals surface area contributed by atoms with E-state index < -0.39 is 0 Å². The number of hydrogen-bond acceptors (Lipinski definition) is 2. The molecule has 0 atom stereocenters. The van der Waals surface area contributed by atoms with Crippen molar-refractivity contribution in [1.82, 2.24) is 9.78 Å². The molecule has 1 heterocycles. The molecule has 1 aromatic heterocycles. The molecule has 0 fully saturated rings. The van der Waals surface area contributed by atoms with Crippen LogP contribution >= 0.6 is 0 Å². The summed E-state index contributed by atoms with van der Waals surface area (Å²) in [5, 5.41) is 4.00. The number of nitrogen functional groups attached to an aromatic ring is 1. The first kappa shape index (κ1) is 8.74. The smallest absolute Gasteiger partial charge is 0.123 e. The highest BCUT2D eigenvalue weighted by atomic mass is 19.1. The topological polar surface area (TPSA) is 43.8 Å². The van der Waals surface area contributed by atoms with Crippen LogP contribution in [0.3, 0.4) is 0 Å². The van der Waals surface area contributed by atoms with Crippen LogP contribution in [0.1, 0.15) is 0 Å². The van der Waals surface area contributed by atoms with Crippen molar-refractivity contribution in [2.45, 2.75) is 0 Å². The van der Waals surface area contributed by atoms with E-state index in [1.807, 2.05) is 0 Å². The maximum atomic E-state index is 13.0. The number of anilines is 1. The van der Waals surface area contributed by atoms with E-state index >= 15 is 0 Å². The number of nitrogens with zero attached hydrogens (tertiary/aromatic N) is 2. The molecule has 1 aromatic carbocycles. The van der Waals surface area contributed by atoms with Crippen LogP contribution in [0.2, 0.25) is 0 Å². The molecule has 0 saturated heterocycles. The Morgan fingerprint density at radius 1 is 1.43 bits per heavy atom. The maximum absolute atomic E-state index is 13.0. The lowest BCUT2D eigenvalue weighted by atomic mass is 10.1. The Kier molecular flexibility index (Phi) is 1.96. The molecule has 0 aliphatic rings. The van der Waals surface area contributed by atoms with Crippen molar-refractivity contribution < 1.29 is 4.39 Å².